The second-order valence-electron chi connectivity index (χ2n) is 8.24. The molecule has 1 unspecified atom stereocenters. The molecule has 1 atom stereocenters. The van der Waals surface area contributed by atoms with E-state index in [1.54, 1.807) is 12.4 Å². The van der Waals surface area contributed by atoms with E-state index in [0.29, 0.717) is 38.4 Å². The van der Waals surface area contributed by atoms with Crippen molar-refractivity contribution in [3.05, 3.63) is 96.1 Å². The number of hydrogen-bond acceptors (Lipinski definition) is 6. The first-order chi connectivity index (χ1) is 16.7. The standard InChI is InChI=1S/C26H26N6O2/c33-25(28-15-12-24-29-26(31-30-24)20-10-13-27-14-11-20)18-32-16-21-8-4-5-9-22(21)34-23(17-32)19-6-2-1-3-7-19/h1-11,13-14,23H,12,15-18H2,(H,28,33)(H,29,30,31). The molecule has 0 radical (unpaired) electrons. The maximum Gasteiger partial charge on any atom is 0.234 e. The van der Waals surface area contributed by atoms with Crippen molar-refractivity contribution < 1.29 is 9.53 Å². The monoisotopic (exact) mass is 454 g/mol. The van der Waals surface area contributed by atoms with Gasteiger partial charge >= 0.3 is 0 Å². The van der Waals surface area contributed by atoms with Gasteiger partial charge in [-0.25, -0.2) is 4.98 Å². The number of hydrogen-bond donors (Lipinski definition) is 2. The molecule has 0 spiro atoms. The van der Waals surface area contributed by atoms with Gasteiger partial charge in [0.05, 0.1) is 6.54 Å². The van der Waals surface area contributed by atoms with Crippen molar-refractivity contribution in [3.8, 4) is 17.1 Å². The molecule has 172 valence electrons. The maximum absolute atomic E-state index is 12.7. The van der Waals surface area contributed by atoms with Crippen LogP contribution in [0.1, 0.15) is 23.1 Å². The van der Waals surface area contributed by atoms with Gasteiger partial charge in [0.25, 0.3) is 0 Å². The minimum atomic E-state index is -0.140. The minimum absolute atomic E-state index is 0.0277. The Bertz CT molecular complexity index is 1230. The summed E-state index contributed by atoms with van der Waals surface area (Å²) in [6.07, 6.45) is 3.85. The average Bonchev–Trinajstić information content (AvgIpc) is 3.26. The van der Waals surface area contributed by atoms with E-state index in [0.717, 1.165) is 28.3 Å². The fourth-order valence-electron chi connectivity index (χ4n) is 4.06. The van der Waals surface area contributed by atoms with Crippen LogP contribution >= 0.6 is 0 Å². The zero-order chi connectivity index (χ0) is 23.2. The van der Waals surface area contributed by atoms with Crippen LogP contribution in [-0.2, 0) is 17.8 Å². The van der Waals surface area contributed by atoms with Gasteiger partial charge in [0.1, 0.15) is 17.7 Å². The van der Waals surface area contributed by atoms with Crippen molar-refractivity contribution >= 4 is 5.91 Å². The van der Waals surface area contributed by atoms with E-state index in [1.165, 1.54) is 0 Å². The molecule has 8 heteroatoms. The number of aromatic nitrogens is 4. The number of rotatable bonds is 7. The van der Waals surface area contributed by atoms with Gasteiger partial charge in [-0.1, -0.05) is 48.5 Å². The average molecular weight is 455 g/mol. The van der Waals surface area contributed by atoms with Crippen LogP contribution in [0.4, 0.5) is 0 Å². The highest BCUT2D eigenvalue weighted by atomic mass is 16.5. The highest BCUT2D eigenvalue weighted by Gasteiger charge is 2.25. The summed E-state index contributed by atoms with van der Waals surface area (Å²) < 4.78 is 6.34. The molecule has 0 saturated heterocycles. The molecule has 3 heterocycles. The third kappa shape index (κ3) is 5.29. The van der Waals surface area contributed by atoms with E-state index < -0.39 is 0 Å². The Morgan fingerprint density at radius 1 is 1.06 bits per heavy atom. The predicted molar refractivity (Wildman–Crippen MR) is 128 cm³/mol. The summed E-state index contributed by atoms with van der Waals surface area (Å²) in [4.78, 5) is 23.4. The number of aromatic amines is 1. The van der Waals surface area contributed by atoms with Crippen molar-refractivity contribution in [1.29, 1.82) is 0 Å². The molecule has 1 amide bonds. The second kappa shape index (κ2) is 10.3. The Hall–Kier alpha value is -4.04. The number of fused-ring (bicyclic) bond motifs is 1. The van der Waals surface area contributed by atoms with Crippen molar-refractivity contribution in [1.82, 2.24) is 30.4 Å². The number of nitrogens with one attached hydrogen (secondary N) is 2. The summed E-state index contributed by atoms with van der Waals surface area (Å²) in [5.41, 5.74) is 3.08. The van der Waals surface area contributed by atoms with E-state index in [-0.39, 0.29) is 12.0 Å². The van der Waals surface area contributed by atoms with Crippen LogP contribution in [0.25, 0.3) is 11.4 Å². The number of ether oxygens (including phenoxy) is 1. The Balaban J connectivity index is 1.19. The lowest BCUT2D eigenvalue weighted by Crippen LogP contribution is -2.39. The summed E-state index contributed by atoms with van der Waals surface area (Å²) in [5.74, 6) is 2.20. The number of amides is 1. The molecule has 2 aromatic carbocycles. The molecule has 0 fully saturated rings. The number of pyridine rings is 1. The molecule has 1 aliphatic heterocycles. The Morgan fingerprint density at radius 2 is 1.85 bits per heavy atom. The van der Waals surface area contributed by atoms with Crippen molar-refractivity contribution in [2.75, 3.05) is 19.6 Å². The van der Waals surface area contributed by atoms with Crippen LogP contribution < -0.4 is 10.1 Å². The van der Waals surface area contributed by atoms with Crippen LogP contribution in [0.15, 0.2) is 79.1 Å². The number of carbonyl (C=O) groups is 1. The summed E-state index contributed by atoms with van der Waals surface area (Å²) in [6, 6.07) is 21.9. The fourth-order valence-corrected chi connectivity index (χ4v) is 4.06. The third-order valence-electron chi connectivity index (χ3n) is 5.75. The predicted octanol–water partition coefficient (Wildman–Crippen LogP) is 3.16. The van der Waals surface area contributed by atoms with Crippen LogP contribution in [0, 0.1) is 0 Å². The molecule has 0 saturated carbocycles. The highest BCUT2D eigenvalue weighted by molar-refractivity contribution is 5.78. The summed E-state index contributed by atoms with van der Waals surface area (Å²) in [6.45, 7) is 2.06. The van der Waals surface area contributed by atoms with E-state index in [1.807, 2.05) is 48.5 Å². The van der Waals surface area contributed by atoms with E-state index in [4.69, 9.17) is 4.74 Å². The quantitative estimate of drug-likeness (QED) is 0.445. The van der Waals surface area contributed by atoms with Gasteiger partial charge in [-0.2, -0.15) is 5.10 Å². The number of benzene rings is 2. The Morgan fingerprint density at radius 3 is 2.71 bits per heavy atom. The van der Waals surface area contributed by atoms with Gasteiger partial charge in [-0.3, -0.25) is 19.8 Å². The first kappa shape index (κ1) is 21.8. The molecule has 2 N–H and O–H groups in total. The van der Waals surface area contributed by atoms with E-state index >= 15 is 0 Å². The summed E-state index contributed by atoms with van der Waals surface area (Å²) in [7, 11) is 0. The summed E-state index contributed by atoms with van der Waals surface area (Å²) >= 11 is 0. The van der Waals surface area contributed by atoms with Crippen molar-refractivity contribution in [2.45, 2.75) is 19.1 Å². The van der Waals surface area contributed by atoms with Crippen molar-refractivity contribution in [2.24, 2.45) is 0 Å². The third-order valence-corrected chi connectivity index (χ3v) is 5.75. The fraction of sp³-hybridized carbons (Fsp3) is 0.231. The Labute approximate surface area is 198 Å². The lowest BCUT2D eigenvalue weighted by molar-refractivity contribution is -0.122. The normalized spacial score (nSPS) is 15.7. The van der Waals surface area contributed by atoms with Gasteiger partial charge in [0, 0.05) is 49.6 Å². The van der Waals surface area contributed by atoms with Gasteiger partial charge < -0.3 is 10.1 Å². The lowest BCUT2D eigenvalue weighted by Gasteiger charge is -2.23. The molecule has 8 nitrogen and oxygen atoms in total. The number of H-pyrrole nitrogens is 1. The molecular formula is C26H26N6O2. The highest BCUT2D eigenvalue weighted by Crippen LogP contribution is 2.30. The zero-order valence-electron chi connectivity index (χ0n) is 18.7. The molecular weight excluding hydrogens is 428 g/mol. The molecule has 34 heavy (non-hydrogen) atoms. The first-order valence-corrected chi connectivity index (χ1v) is 11.3. The van der Waals surface area contributed by atoms with Crippen molar-refractivity contribution in [3.63, 3.8) is 0 Å². The summed E-state index contributed by atoms with van der Waals surface area (Å²) in [5, 5.41) is 10.2. The number of nitrogens with zero attached hydrogens (tertiary/aromatic N) is 4. The number of para-hydroxylation sites is 1. The largest absolute Gasteiger partial charge is 0.484 e. The van der Waals surface area contributed by atoms with Gasteiger partial charge in [-0.15, -0.1) is 0 Å². The first-order valence-electron chi connectivity index (χ1n) is 11.3. The topological polar surface area (TPSA) is 96.0 Å². The van der Waals surface area contributed by atoms with Gasteiger partial charge in [-0.05, 0) is 23.8 Å². The molecule has 0 bridgehead atoms. The SMILES string of the molecule is O=C(CN1Cc2ccccc2OC(c2ccccc2)C1)NCCc1nc(-c2ccncc2)n[nH]1. The maximum atomic E-state index is 12.7. The zero-order valence-corrected chi connectivity index (χ0v) is 18.7. The van der Waals surface area contributed by atoms with E-state index in [9.17, 15) is 4.79 Å². The molecule has 5 rings (SSSR count). The molecule has 1 aliphatic rings. The van der Waals surface area contributed by atoms with Crippen LogP contribution in [0.2, 0.25) is 0 Å². The smallest absolute Gasteiger partial charge is 0.234 e. The Kier molecular flexibility index (Phi) is 6.58. The second-order valence-corrected chi connectivity index (χ2v) is 8.24. The lowest BCUT2D eigenvalue weighted by atomic mass is 10.1. The molecule has 2 aromatic heterocycles. The number of carbonyl (C=O) groups excluding carboxylic acids is 1. The van der Waals surface area contributed by atoms with Crippen LogP contribution in [-0.4, -0.2) is 50.6 Å². The minimum Gasteiger partial charge on any atom is -0.484 e. The molecule has 0 aliphatic carbocycles. The van der Waals surface area contributed by atoms with Gasteiger partial charge in [0.15, 0.2) is 5.82 Å². The molecule has 4 aromatic rings. The van der Waals surface area contributed by atoms with E-state index in [2.05, 4.69) is 48.6 Å². The van der Waals surface area contributed by atoms with Gasteiger partial charge in [0.2, 0.25) is 5.91 Å². The van der Waals surface area contributed by atoms with Crippen LogP contribution in [0.3, 0.4) is 0 Å². The van der Waals surface area contributed by atoms with Crippen LogP contribution in [0.5, 0.6) is 5.75 Å².